The van der Waals surface area contributed by atoms with E-state index in [1.165, 1.54) is 33.3 Å². The molecule has 3 aromatic rings. The van der Waals surface area contributed by atoms with Crippen LogP contribution in [0.3, 0.4) is 0 Å². The smallest absolute Gasteiger partial charge is 0.264 e. The molecule has 0 saturated carbocycles. The molecule has 9 nitrogen and oxygen atoms in total. The van der Waals surface area contributed by atoms with Crippen molar-refractivity contribution >= 4 is 69.8 Å². The second-order valence-corrected chi connectivity index (χ2v) is 10.3. The fourth-order valence-corrected chi connectivity index (χ4v) is 5.99. The number of halogens is 4. The van der Waals surface area contributed by atoms with Gasteiger partial charge in [0, 0.05) is 5.69 Å². The molecule has 0 aromatic heterocycles. The molecule has 13 heteroatoms. The molecule has 0 bridgehead atoms. The second-order valence-electron chi connectivity index (χ2n) is 8.74. The van der Waals surface area contributed by atoms with Crippen molar-refractivity contribution in [2.75, 3.05) is 33.3 Å². The van der Waals surface area contributed by atoms with E-state index in [1.54, 1.807) is 36.4 Å². The number of anilines is 1. The normalized spacial score (nSPS) is 18.1. The van der Waals surface area contributed by atoms with Crippen molar-refractivity contribution in [2.45, 2.75) is 12.1 Å². The Morgan fingerprint density at radius 2 is 1.12 bits per heavy atom. The van der Waals surface area contributed by atoms with E-state index < -0.39 is 29.8 Å². The van der Waals surface area contributed by atoms with Crippen LogP contribution in [-0.4, -0.2) is 57.1 Å². The van der Waals surface area contributed by atoms with Gasteiger partial charge in [-0.15, -0.1) is 0 Å². The van der Waals surface area contributed by atoms with E-state index in [1.807, 2.05) is 0 Å². The van der Waals surface area contributed by atoms with Gasteiger partial charge in [0.05, 0.1) is 65.7 Å². The molecule has 40 heavy (non-hydrogen) atoms. The maximum Gasteiger partial charge on any atom is 0.264 e. The van der Waals surface area contributed by atoms with Gasteiger partial charge in [-0.05, 0) is 42.0 Å². The van der Waals surface area contributed by atoms with E-state index in [2.05, 4.69) is 0 Å². The number of amides is 3. The van der Waals surface area contributed by atoms with Crippen molar-refractivity contribution in [3.8, 4) is 23.0 Å². The first-order valence-electron chi connectivity index (χ1n) is 11.6. The van der Waals surface area contributed by atoms with Crippen LogP contribution in [0.5, 0.6) is 23.0 Å². The number of hydrogen-bond donors (Lipinski definition) is 0. The van der Waals surface area contributed by atoms with E-state index in [4.69, 9.17) is 65.4 Å². The predicted octanol–water partition coefficient (Wildman–Crippen LogP) is 6.09. The van der Waals surface area contributed by atoms with Crippen LogP contribution in [-0.2, 0) is 4.79 Å². The standard InChI is InChI=1S/C27H20Cl4N2O7/c1-37-13-7-5-12(6-8-13)32-22(11-9-14(38-2)24(40-4)15(10-11)39-3)23(27(32)36)33-25(34)16-17(26(33)35)19(29)21(31)20(30)18(16)28/h5-10,22-23H,1-4H3. The summed E-state index contributed by atoms with van der Waals surface area (Å²) in [7, 11) is 5.89. The van der Waals surface area contributed by atoms with Crippen molar-refractivity contribution in [2.24, 2.45) is 0 Å². The van der Waals surface area contributed by atoms with Gasteiger partial charge in [0.25, 0.3) is 17.7 Å². The van der Waals surface area contributed by atoms with Crippen LogP contribution < -0.4 is 23.8 Å². The van der Waals surface area contributed by atoms with Crippen molar-refractivity contribution in [1.82, 2.24) is 4.90 Å². The zero-order chi connectivity index (χ0) is 29.0. The fraction of sp³-hybridized carbons (Fsp3) is 0.222. The molecule has 208 valence electrons. The SMILES string of the molecule is COc1ccc(N2C(=O)C(N3C(=O)c4c(Cl)c(Cl)c(Cl)c(Cl)c4C3=O)C2c2cc(OC)c(OC)c(OC)c2)cc1. The third-order valence-corrected chi connectivity index (χ3v) is 8.66. The van der Waals surface area contributed by atoms with Gasteiger partial charge in [-0.2, -0.15) is 0 Å². The summed E-state index contributed by atoms with van der Waals surface area (Å²) < 4.78 is 21.7. The van der Waals surface area contributed by atoms with Gasteiger partial charge >= 0.3 is 0 Å². The Bertz CT molecular complexity index is 1510. The first-order valence-corrected chi connectivity index (χ1v) is 13.1. The topological polar surface area (TPSA) is 94.6 Å². The summed E-state index contributed by atoms with van der Waals surface area (Å²) in [5.74, 6) is -0.631. The molecule has 1 saturated heterocycles. The zero-order valence-corrected chi connectivity index (χ0v) is 24.4. The number of carbonyl (C=O) groups excluding carboxylic acids is 3. The number of β-lactam (4-membered cyclic amide) rings is 1. The quantitative estimate of drug-likeness (QED) is 0.136. The minimum Gasteiger partial charge on any atom is -0.497 e. The number of methoxy groups -OCH3 is 4. The van der Waals surface area contributed by atoms with Gasteiger partial charge in [-0.1, -0.05) is 46.4 Å². The summed E-state index contributed by atoms with van der Waals surface area (Å²) in [6.07, 6.45) is 0. The van der Waals surface area contributed by atoms with Gasteiger partial charge < -0.3 is 23.8 Å². The molecule has 2 unspecified atom stereocenters. The van der Waals surface area contributed by atoms with Crippen LogP contribution in [0.25, 0.3) is 0 Å². The third-order valence-electron chi connectivity index (χ3n) is 6.86. The van der Waals surface area contributed by atoms with E-state index >= 15 is 0 Å². The maximum absolute atomic E-state index is 13.8. The molecule has 5 rings (SSSR count). The Kier molecular flexibility index (Phi) is 7.43. The van der Waals surface area contributed by atoms with Gasteiger partial charge in [0.2, 0.25) is 5.75 Å². The van der Waals surface area contributed by atoms with Crippen LogP contribution >= 0.6 is 46.4 Å². The molecule has 2 aliphatic rings. The number of rotatable bonds is 7. The van der Waals surface area contributed by atoms with Gasteiger partial charge in [-0.25, -0.2) is 0 Å². The van der Waals surface area contributed by atoms with Crippen molar-refractivity contribution < 1.29 is 33.3 Å². The number of hydrogen-bond acceptors (Lipinski definition) is 7. The summed E-state index contributed by atoms with van der Waals surface area (Å²) in [5, 5.41) is -0.794. The molecule has 3 aromatic carbocycles. The highest BCUT2D eigenvalue weighted by Crippen LogP contribution is 2.51. The average Bonchev–Trinajstić information content (AvgIpc) is 3.22. The average molecular weight is 626 g/mol. The Labute approximate surface area is 248 Å². The Hall–Kier alpha value is -3.37. The summed E-state index contributed by atoms with van der Waals surface area (Å²) in [4.78, 5) is 43.5. The molecule has 3 amide bonds. The highest BCUT2D eigenvalue weighted by molar-refractivity contribution is 6.55. The van der Waals surface area contributed by atoms with Crippen LogP contribution in [0.1, 0.15) is 32.3 Å². The van der Waals surface area contributed by atoms with Crippen molar-refractivity contribution in [1.29, 1.82) is 0 Å². The first kappa shape index (κ1) is 28.2. The van der Waals surface area contributed by atoms with E-state index in [0.29, 0.717) is 34.2 Å². The van der Waals surface area contributed by atoms with Gasteiger partial charge in [-0.3, -0.25) is 19.3 Å². The highest BCUT2D eigenvalue weighted by atomic mass is 35.5. The molecular weight excluding hydrogens is 606 g/mol. The Morgan fingerprint density at radius 1 is 0.625 bits per heavy atom. The number of fused-ring (bicyclic) bond motifs is 1. The summed E-state index contributed by atoms with van der Waals surface area (Å²) in [5.41, 5.74) is 0.565. The Morgan fingerprint density at radius 3 is 1.55 bits per heavy atom. The minimum atomic E-state index is -1.28. The number of benzene rings is 3. The lowest BCUT2D eigenvalue weighted by Crippen LogP contribution is -2.67. The van der Waals surface area contributed by atoms with E-state index in [9.17, 15) is 14.4 Å². The molecule has 2 aliphatic heterocycles. The summed E-state index contributed by atoms with van der Waals surface area (Å²) >= 11 is 25.0. The molecule has 0 spiro atoms. The maximum atomic E-state index is 13.8. The lowest BCUT2D eigenvalue weighted by molar-refractivity contribution is -0.130. The lowest BCUT2D eigenvalue weighted by atomic mass is 9.86. The molecule has 2 heterocycles. The number of nitrogens with zero attached hydrogens (tertiary/aromatic N) is 2. The number of imide groups is 1. The highest BCUT2D eigenvalue weighted by Gasteiger charge is 2.58. The summed E-state index contributed by atoms with van der Waals surface area (Å²) in [6, 6.07) is 7.91. The third kappa shape index (κ3) is 4.03. The lowest BCUT2D eigenvalue weighted by Gasteiger charge is -2.49. The largest absolute Gasteiger partial charge is 0.497 e. The van der Waals surface area contributed by atoms with Crippen molar-refractivity contribution in [3.63, 3.8) is 0 Å². The first-order chi connectivity index (χ1) is 19.1. The fourth-order valence-electron chi connectivity index (χ4n) is 4.98. The molecule has 1 fully saturated rings. The number of carbonyl (C=O) groups is 3. The molecule has 0 radical (unpaired) electrons. The van der Waals surface area contributed by atoms with Crippen molar-refractivity contribution in [3.05, 3.63) is 73.2 Å². The van der Waals surface area contributed by atoms with Gasteiger partial charge in [0.15, 0.2) is 11.5 Å². The minimum absolute atomic E-state index is 0.170. The van der Waals surface area contributed by atoms with E-state index in [0.717, 1.165) is 4.90 Å². The number of ether oxygens (including phenoxy) is 4. The molecule has 2 atom stereocenters. The molecule has 0 aliphatic carbocycles. The van der Waals surface area contributed by atoms with Crippen LogP contribution in [0, 0.1) is 0 Å². The van der Waals surface area contributed by atoms with E-state index in [-0.39, 0.29) is 31.2 Å². The zero-order valence-electron chi connectivity index (χ0n) is 21.4. The van der Waals surface area contributed by atoms with Crippen LogP contribution in [0.2, 0.25) is 20.1 Å². The van der Waals surface area contributed by atoms with Gasteiger partial charge in [0.1, 0.15) is 11.8 Å². The molecule has 0 N–H and O–H groups in total. The molecular formula is C27H20Cl4N2O7. The van der Waals surface area contributed by atoms with Crippen LogP contribution in [0.15, 0.2) is 36.4 Å². The second kappa shape index (κ2) is 10.6. The van der Waals surface area contributed by atoms with Crippen LogP contribution in [0.4, 0.5) is 5.69 Å². The predicted molar refractivity (Wildman–Crippen MR) is 150 cm³/mol. The monoisotopic (exact) mass is 624 g/mol. The summed E-state index contributed by atoms with van der Waals surface area (Å²) in [6.45, 7) is 0. The Balaban J connectivity index is 1.68.